The van der Waals surface area contributed by atoms with Crippen molar-refractivity contribution in [2.24, 2.45) is 11.7 Å². The Kier molecular flexibility index (Phi) is 3.37. The van der Waals surface area contributed by atoms with Crippen LogP contribution in [0.15, 0.2) is 29.6 Å². The normalized spacial score (nSPS) is 25.7. The molecule has 18 heavy (non-hydrogen) atoms. The summed E-state index contributed by atoms with van der Waals surface area (Å²) in [6, 6.07) is 9.08. The molecule has 2 N–H and O–H groups in total. The molecule has 3 heteroatoms. The van der Waals surface area contributed by atoms with Gasteiger partial charge in [0.05, 0.1) is 0 Å². The summed E-state index contributed by atoms with van der Waals surface area (Å²) in [5.74, 6) is 0.614. The van der Waals surface area contributed by atoms with E-state index in [9.17, 15) is 0 Å². The van der Waals surface area contributed by atoms with Crippen LogP contribution in [0.2, 0.25) is 0 Å². The molecule has 1 aliphatic rings. The standard InChI is InChI=1S/C15H20N2S/c1-11-8-17(7-6-14(11)16)9-12-10-18-15-5-3-2-4-13(12)15/h2-5,10-11,14H,6-9,16H2,1H3. The van der Waals surface area contributed by atoms with Gasteiger partial charge in [0.15, 0.2) is 0 Å². The maximum atomic E-state index is 6.08. The van der Waals surface area contributed by atoms with Gasteiger partial charge in [0.2, 0.25) is 0 Å². The van der Waals surface area contributed by atoms with E-state index in [1.165, 1.54) is 15.6 Å². The summed E-state index contributed by atoms with van der Waals surface area (Å²) >= 11 is 1.85. The summed E-state index contributed by atoms with van der Waals surface area (Å²) in [7, 11) is 0. The van der Waals surface area contributed by atoms with Gasteiger partial charge in [-0.05, 0) is 41.3 Å². The Morgan fingerprint density at radius 2 is 2.22 bits per heavy atom. The van der Waals surface area contributed by atoms with Crippen molar-refractivity contribution in [2.45, 2.75) is 25.9 Å². The molecule has 1 saturated heterocycles. The minimum absolute atomic E-state index is 0.389. The molecule has 3 rings (SSSR count). The van der Waals surface area contributed by atoms with E-state index in [0.29, 0.717) is 12.0 Å². The minimum atomic E-state index is 0.389. The Labute approximate surface area is 112 Å². The Hall–Kier alpha value is -0.900. The van der Waals surface area contributed by atoms with Gasteiger partial charge in [-0.1, -0.05) is 25.1 Å². The van der Waals surface area contributed by atoms with Crippen LogP contribution in [-0.2, 0) is 6.54 Å². The maximum absolute atomic E-state index is 6.08. The van der Waals surface area contributed by atoms with Gasteiger partial charge in [0.25, 0.3) is 0 Å². The van der Waals surface area contributed by atoms with E-state index in [2.05, 4.69) is 41.5 Å². The number of rotatable bonds is 2. The van der Waals surface area contributed by atoms with Crippen molar-refractivity contribution in [1.82, 2.24) is 4.90 Å². The van der Waals surface area contributed by atoms with E-state index in [0.717, 1.165) is 26.1 Å². The number of hydrogen-bond donors (Lipinski definition) is 1. The molecule has 2 unspecified atom stereocenters. The molecule has 1 aromatic carbocycles. The molecular formula is C15H20N2S. The molecule has 0 saturated carbocycles. The SMILES string of the molecule is CC1CN(Cc2csc3ccccc23)CCC1N. The highest BCUT2D eigenvalue weighted by molar-refractivity contribution is 7.17. The summed E-state index contributed by atoms with van der Waals surface area (Å²) in [4.78, 5) is 2.54. The predicted octanol–water partition coefficient (Wildman–Crippen LogP) is 3.07. The number of thiophene rings is 1. The van der Waals surface area contributed by atoms with Gasteiger partial charge in [-0.3, -0.25) is 4.90 Å². The van der Waals surface area contributed by atoms with Crippen molar-refractivity contribution in [2.75, 3.05) is 13.1 Å². The maximum Gasteiger partial charge on any atom is 0.0346 e. The topological polar surface area (TPSA) is 29.3 Å². The lowest BCUT2D eigenvalue weighted by molar-refractivity contribution is 0.158. The van der Waals surface area contributed by atoms with E-state index in [4.69, 9.17) is 5.73 Å². The minimum Gasteiger partial charge on any atom is -0.327 e. The molecule has 2 aromatic rings. The third kappa shape index (κ3) is 2.30. The first-order valence-electron chi connectivity index (χ1n) is 6.67. The second-order valence-electron chi connectivity index (χ2n) is 5.42. The molecule has 2 nitrogen and oxygen atoms in total. The number of nitrogens with two attached hydrogens (primary N) is 1. The van der Waals surface area contributed by atoms with Gasteiger partial charge in [-0.2, -0.15) is 0 Å². The van der Waals surface area contributed by atoms with Crippen molar-refractivity contribution in [3.63, 3.8) is 0 Å². The fraction of sp³-hybridized carbons (Fsp3) is 0.467. The van der Waals surface area contributed by atoms with E-state index in [1.807, 2.05) is 11.3 Å². The summed E-state index contributed by atoms with van der Waals surface area (Å²) in [6.07, 6.45) is 1.13. The largest absolute Gasteiger partial charge is 0.327 e. The van der Waals surface area contributed by atoms with Crippen LogP contribution in [0, 0.1) is 5.92 Å². The summed E-state index contributed by atoms with van der Waals surface area (Å²) in [5.41, 5.74) is 7.55. The van der Waals surface area contributed by atoms with Crippen molar-refractivity contribution >= 4 is 21.4 Å². The molecule has 1 aromatic heterocycles. The van der Waals surface area contributed by atoms with Gasteiger partial charge in [-0.15, -0.1) is 11.3 Å². The summed E-state index contributed by atoms with van der Waals surface area (Å²) < 4.78 is 1.40. The van der Waals surface area contributed by atoms with E-state index >= 15 is 0 Å². The monoisotopic (exact) mass is 260 g/mol. The zero-order valence-corrected chi connectivity index (χ0v) is 11.6. The van der Waals surface area contributed by atoms with Crippen LogP contribution in [0.4, 0.5) is 0 Å². The molecule has 0 spiro atoms. The fourth-order valence-corrected chi connectivity index (χ4v) is 3.74. The highest BCUT2D eigenvalue weighted by Gasteiger charge is 2.23. The highest BCUT2D eigenvalue weighted by Crippen LogP contribution is 2.27. The second-order valence-corrected chi connectivity index (χ2v) is 6.33. The van der Waals surface area contributed by atoms with E-state index < -0.39 is 0 Å². The van der Waals surface area contributed by atoms with Crippen LogP contribution in [0.3, 0.4) is 0 Å². The van der Waals surface area contributed by atoms with Crippen molar-refractivity contribution in [1.29, 1.82) is 0 Å². The molecule has 0 aliphatic carbocycles. The van der Waals surface area contributed by atoms with Gasteiger partial charge in [0, 0.05) is 23.8 Å². The average Bonchev–Trinajstić information content (AvgIpc) is 2.78. The van der Waals surface area contributed by atoms with Crippen LogP contribution in [0.5, 0.6) is 0 Å². The number of benzene rings is 1. The van der Waals surface area contributed by atoms with Gasteiger partial charge in [0.1, 0.15) is 0 Å². The van der Waals surface area contributed by atoms with Gasteiger partial charge < -0.3 is 5.73 Å². The molecule has 0 bridgehead atoms. The van der Waals surface area contributed by atoms with Gasteiger partial charge >= 0.3 is 0 Å². The molecule has 1 fully saturated rings. The van der Waals surface area contributed by atoms with E-state index in [-0.39, 0.29) is 0 Å². The number of nitrogens with zero attached hydrogens (tertiary/aromatic N) is 1. The number of piperidine rings is 1. The first-order valence-corrected chi connectivity index (χ1v) is 7.55. The lowest BCUT2D eigenvalue weighted by Crippen LogP contribution is -2.45. The number of hydrogen-bond acceptors (Lipinski definition) is 3. The van der Waals surface area contributed by atoms with Gasteiger partial charge in [-0.25, -0.2) is 0 Å². The first-order chi connectivity index (χ1) is 8.74. The Bertz CT molecular complexity index is 534. The number of fused-ring (bicyclic) bond motifs is 1. The molecule has 0 radical (unpaired) electrons. The Morgan fingerprint density at radius 1 is 1.39 bits per heavy atom. The third-order valence-electron chi connectivity index (χ3n) is 4.01. The fourth-order valence-electron chi connectivity index (χ4n) is 2.79. The van der Waals surface area contributed by atoms with Crippen LogP contribution >= 0.6 is 11.3 Å². The summed E-state index contributed by atoms with van der Waals surface area (Å²) in [5, 5.41) is 3.73. The predicted molar refractivity (Wildman–Crippen MR) is 78.9 cm³/mol. The quantitative estimate of drug-likeness (QED) is 0.899. The zero-order valence-electron chi connectivity index (χ0n) is 10.8. The Balaban J connectivity index is 1.76. The van der Waals surface area contributed by atoms with E-state index in [1.54, 1.807) is 0 Å². The highest BCUT2D eigenvalue weighted by atomic mass is 32.1. The second kappa shape index (κ2) is 5.00. The van der Waals surface area contributed by atoms with Crippen molar-refractivity contribution < 1.29 is 0 Å². The lowest BCUT2D eigenvalue weighted by atomic mass is 9.94. The van der Waals surface area contributed by atoms with Crippen molar-refractivity contribution in [3.05, 3.63) is 35.2 Å². The molecule has 2 atom stereocenters. The molecular weight excluding hydrogens is 240 g/mol. The lowest BCUT2D eigenvalue weighted by Gasteiger charge is -2.34. The molecule has 2 heterocycles. The van der Waals surface area contributed by atoms with Crippen LogP contribution in [0.1, 0.15) is 18.9 Å². The van der Waals surface area contributed by atoms with Crippen LogP contribution in [0.25, 0.3) is 10.1 Å². The van der Waals surface area contributed by atoms with Crippen molar-refractivity contribution in [3.8, 4) is 0 Å². The smallest absolute Gasteiger partial charge is 0.0346 e. The summed E-state index contributed by atoms with van der Waals surface area (Å²) in [6.45, 7) is 5.60. The zero-order chi connectivity index (χ0) is 12.5. The first kappa shape index (κ1) is 12.2. The van der Waals surface area contributed by atoms with Crippen LogP contribution < -0.4 is 5.73 Å². The molecule has 0 amide bonds. The third-order valence-corrected chi connectivity index (χ3v) is 5.02. The Morgan fingerprint density at radius 3 is 3.06 bits per heavy atom. The van der Waals surface area contributed by atoms with Crippen LogP contribution in [-0.4, -0.2) is 24.0 Å². The molecule has 96 valence electrons. The average molecular weight is 260 g/mol. The number of likely N-dealkylation sites (tertiary alicyclic amines) is 1. The molecule has 1 aliphatic heterocycles.